The van der Waals surface area contributed by atoms with Gasteiger partial charge in [-0.15, -0.1) is 0 Å². The lowest BCUT2D eigenvalue weighted by Gasteiger charge is -2.35. The van der Waals surface area contributed by atoms with Crippen LogP contribution in [0.3, 0.4) is 0 Å². The molecule has 0 saturated carbocycles. The highest BCUT2D eigenvalue weighted by Crippen LogP contribution is 2.35. The summed E-state index contributed by atoms with van der Waals surface area (Å²) < 4.78 is 16.7. The number of aliphatic hydroxyl groups is 1. The second kappa shape index (κ2) is 4.41. The van der Waals surface area contributed by atoms with Crippen molar-refractivity contribution in [2.45, 2.75) is 44.0 Å². The lowest BCUT2D eigenvalue weighted by atomic mass is 9.99. The van der Waals surface area contributed by atoms with Crippen LogP contribution in [-0.4, -0.2) is 59.7 Å². The highest BCUT2D eigenvalue weighted by Gasteiger charge is 2.52. The molecule has 98 valence electrons. The molecular formula is C10H17NO6. The molecule has 2 aliphatic heterocycles. The molecule has 0 unspecified atom stereocenters. The molecule has 0 aromatic carbocycles. The number of hydrogen-bond acceptors (Lipinski definition) is 5. The van der Waals surface area contributed by atoms with Crippen LogP contribution in [0.25, 0.3) is 0 Å². The molecular weight excluding hydrogens is 230 g/mol. The van der Waals surface area contributed by atoms with E-state index in [2.05, 4.69) is 5.32 Å². The summed E-state index contributed by atoms with van der Waals surface area (Å²) >= 11 is 0. The minimum atomic E-state index is -1.13. The molecule has 0 aliphatic carbocycles. The van der Waals surface area contributed by atoms with Crippen molar-refractivity contribution in [3.05, 3.63) is 0 Å². The van der Waals surface area contributed by atoms with E-state index in [-0.39, 0.29) is 13.2 Å². The van der Waals surface area contributed by atoms with E-state index in [9.17, 15) is 9.90 Å². The molecule has 0 aromatic heterocycles. The van der Waals surface area contributed by atoms with Gasteiger partial charge in [-0.2, -0.15) is 0 Å². The minimum Gasteiger partial charge on any atom is -0.465 e. The maximum absolute atomic E-state index is 10.7. The first-order valence-electron chi connectivity index (χ1n) is 5.50. The smallest absolute Gasteiger partial charge is 0.405 e. The molecule has 0 radical (unpaired) electrons. The average molecular weight is 247 g/mol. The van der Waals surface area contributed by atoms with Gasteiger partial charge in [0.05, 0.1) is 19.3 Å². The molecule has 2 heterocycles. The highest BCUT2D eigenvalue weighted by molar-refractivity contribution is 5.65. The minimum absolute atomic E-state index is 0.165. The average Bonchev–Trinajstić information content (AvgIpc) is 2.53. The number of hydrogen-bond donors (Lipinski definition) is 3. The van der Waals surface area contributed by atoms with Gasteiger partial charge in [0, 0.05) is 0 Å². The summed E-state index contributed by atoms with van der Waals surface area (Å²) in [6.45, 7) is 3.48. The zero-order valence-electron chi connectivity index (χ0n) is 9.75. The van der Waals surface area contributed by atoms with Crippen molar-refractivity contribution < 1.29 is 29.2 Å². The van der Waals surface area contributed by atoms with Crippen molar-refractivity contribution in [1.29, 1.82) is 0 Å². The quantitative estimate of drug-likeness (QED) is 0.610. The lowest BCUT2D eigenvalue weighted by molar-refractivity contribution is -0.157. The van der Waals surface area contributed by atoms with E-state index < -0.39 is 36.2 Å². The topological polar surface area (TPSA) is 97.3 Å². The number of carbonyl (C=O) groups is 1. The molecule has 3 N–H and O–H groups in total. The summed E-state index contributed by atoms with van der Waals surface area (Å²) in [6, 6.07) is -0.484. The van der Waals surface area contributed by atoms with Gasteiger partial charge in [-0.1, -0.05) is 0 Å². The normalized spacial score (nSPS) is 39.7. The van der Waals surface area contributed by atoms with Crippen LogP contribution in [0.15, 0.2) is 0 Å². The summed E-state index contributed by atoms with van der Waals surface area (Å²) in [7, 11) is 0. The first kappa shape index (κ1) is 12.6. The van der Waals surface area contributed by atoms with Crippen molar-refractivity contribution in [1.82, 2.24) is 5.32 Å². The number of carboxylic acid groups (broad SMARTS) is 1. The predicted octanol–water partition coefficient (Wildman–Crippen LogP) is -0.466. The van der Waals surface area contributed by atoms with E-state index >= 15 is 0 Å². The van der Waals surface area contributed by atoms with Gasteiger partial charge in [-0.3, -0.25) is 0 Å². The van der Waals surface area contributed by atoms with E-state index in [1.165, 1.54) is 0 Å². The third kappa shape index (κ3) is 2.52. The van der Waals surface area contributed by atoms with Crippen LogP contribution in [0.5, 0.6) is 0 Å². The molecule has 2 saturated heterocycles. The number of fused-ring (bicyclic) bond motifs is 1. The molecule has 2 fully saturated rings. The largest absolute Gasteiger partial charge is 0.465 e. The standard InChI is InChI=1S/C10H17NO6/c1-10(2)16-7-5(11-9(13)14)4-15-6(3-12)8(7)17-10/h5-8,11-12H,3-4H2,1-2H3,(H,13,14)/t5-,6+,7+,8-/m0/s1. The number of rotatable bonds is 2. The van der Waals surface area contributed by atoms with Crippen LogP contribution in [0, 0.1) is 0 Å². The first-order chi connectivity index (χ1) is 7.93. The third-order valence-electron chi connectivity index (χ3n) is 2.91. The van der Waals surface area contributed by atoms with Crippen LogP contribution in [0.1, 0.15) is 13.8 Å². The predicted molar refractivity (Wildman–Crippen MR) is 55.6 cm³/mol. The van der Waals surface area contributed by atoms with Gasteiger partial charge in [0.2, 0.25) is 0 Å². The van der Waals surface area contributed by atoms with E-state index in [1.807, 2.05) is 0 Å². The summed E-state index contributed by atoms with van der Waals surface area (Å²) in [5.74, 6) is -0.797. The van der Waals surface area contributed by atoms with E-state index in [4.69, 9.17) is 19.3 Å². The molecule has 4 atom stereocenters. The zero-order chi connectivity index (χ0) is 12.6. The van der Waals surface area contributed by atoms with Crippen molar-refractivity contribution in [2.75, 3.05) is 13.2 Å². The Bertz CT molecular complexity index is 307. The van der Waals surface area contributed by atoms with Crippen molar-refractivity contribution in [3.8, 4) is 0 Å². The molecule has 0 aromatic rings. The summed E-state index contributed by atoms with van der Waals surface area (Å²) in [5.41, 5.74) is 0. The van der Waals surface area contributed by atoms with Gasteiger partial charge in [0.25, 0.3) is 0 Å². The van der Waals surface area contributed by atoms with Crippen LogP contribution >= 0.6 is 0 Å². The monoisotopic (exact) mass is 247 g/mol. The van der Waals surface area contributed by atoms with E-state index in [0.29, 0.717) is 0 Å². The first-order valence-corrected chi connectivity index (χ1v) is 5.50. The van der Waals surface area contributed by atoms with E-state index in [1.54, 1.807) is 13.8 Å². The molecule has 1 amide bonds. The fraction of sp³-hybridized carbons (Fsp3) is 0.900. The van der Waals surface area contributed by atoms with Gasteiger partial charge >= 0.3 is 6.09 Å². The van der Waals surface area contributed by atoms with Gasteiger partial charge in [-0.05, 0) is 13.8 Å². The third-order valence-corrected chi connectivity index (χ3v) is 2.91. The van der Waals surface area contributed by atoms with Crippen molar-refractivity contribution >= 4 is 6.09 Å². The van der Waals surface area contributed by atoms with Crippen LogP contribution < -0.4 is 5.32 Å². The Hall–Kier alpha value is -0.890. The zero-order valence-corrected chi connectivity index (χ0v) is 9.75. The fourth-order valence-electron chi connectivity index (χ4n) is 2.27. The SMILES string of the molecule is CC1(C)O[C@@H]2[C@H](O1)[C@@H](NC(=O)O)CO[C@@H]2CO. The van der Waals surface area contributed by atoms with Crippen LogP contribution in [-0.2, 0) is 14.2 Å². The molecule has 2 aliphatic rings. The molecule has 17 heavy (non-hydrogen) atoms. The summed E-state index contributed by atoms with van der Waals surface area (Å²) in [4.78, 5) is 10.7. The Morgan fingerprint density at radius 3 is 2.65 bits per heavy atom. The van der Waals surface area contributed by atoms with Gasteiger partial charge < -0.3 is 29.7 Å². The Balaban J connectivity index is 2.12. The number of nitrogens with one attached hydrogen (secondary N) is 1. The molecule has 7 nitrogen and oxygen atoms in total. The second-order valence-corrected chi connectivity index (χ2v) is 4.68. The van der Waals surface area contributed by atoms with Gasteiger partial charge in [0.15, 0.2) is 5.79 Å². The summed E-state index contributed by atoms with van der Waals surface area (Å²) in [5, 5.41) is 20.2. The number of amides is 1. The Labute approximate surface area is 98.7 Å². The Kier molecular flexibility index (Phi) is 3.26. The van der Waals surface area contributed by atoms with Crippen molar-refractivity contribution in [3.63, 3.8) is 0 Å². The van der Waals surface area contributed by atoms with Gasteiger partial charge in [-0.25, -0.2) is 4.79 Å². The Morgan fingerprint density at radius 2 is 2.06 bits per heavy atom. The molecule has 0 spiro atoms. The lowest BCUT2D eigenvalue weighted by Crippen LogP contribution is -2.58. The fourth-order valence-corrected chi connectivity index (χ4v) is 2.27. The van der Waals surface area contributed by atoms with Gasteiger partial charge in [0.1, 0.15) is 18.3 Å². The van der Waals surface area contributed by atoms with Crippen LogP contribution in [0.4, 0.5) is 4.79 Å². The van der Waals surface area contributed by atoms with Crippen LogP contribution in [0.2, 0.25) is 0 Å². The molecule has 2 rings (SSSR count). The maximum Gasteiger partial charge on any atom is 0.405 e. The Morgan fingerprint density at radius 1 is 1.41 bits per heavy atom. The highest BCUT2D eigenvalue weighted by atomic mass is 16.8. The number of ether oxygens (including phenoxy) is 3. The van der Waals surface area contributed by atoms with E-state index in [0.717, 1.165) is 0 Å². The second-order valence-electron chi connectivity index (χ2n) is 4.68. The number of aliphatic hydroxyl groups excluding tert-OH is 1. The van der Waals surface area contributed by atoms with Crippen molar-refractivity contribution in [2.24, 2.45) is 0 Å². The molecule has 7 heteroatoms. The maximum atomic E-state index is 10.7. The summed E-state index contributed by atoms with van der Waals surface area (Å²) in [6.07, 6.45) is -2.51. The molecule has 0 bridgehead atoms.